The molecule has 676 valence electrons. The highest BCUT2D eigenvalue weighted by molar-refractivity contribution is 6.15. The molecule has 0 aliphatic carbocycles. The van der Waals surface area contributed by atoms with Gasteiger partial charge in [0.25, 0.3) is 0 Å². The standard InChI is InChI=1S/C28H24N2O.C24H22N2O.2C24H24N2O.C20H22N2O/c1-18-16-17-23-22-12-6-9-15-26(22)31-28(23)27(18)30-19(2)29(3)24-13-7-4-10-20(24)21-11-5-8-14-25(21)30;1-15-11-12-20-19-9-5-6-10-22(19)27-24(20)23(15)26-16(2)25-13-17-7-3-4-8-18(17)21(26)14-25;1-16-12-13-20-19-9-5-7-11-22(19)27-24(20)23(16)26-15-14-18-8-4-6-10-21(18)25(3)17(26)2;1-16-12-13-21-20-10-6-7-11-22(20)27-24(21)23(16)26-15-19-9-5-4-8-18(19)14-25(3)17(26)2;1-13-9-10-17-16-7-3-4-8-18(16)23-20(17)19(13)22-14(2)21-11-5-6-15(22)12-21/h4-17,19H,1-3H3;3-12,16,21H,13-14H2,1-2H3;2*4-13,17H,14-15H2,1-3H3;3-4,7-10,14-15H,5-6,11-12H2,1-2H3/t19-;16-,21?;2*17-;14-,15?/m00000/s1. The maximum absolute atomic E-state index is 6.47. The summed E-state index contributed by atoms with van der Waals surface area (Å²) < 4.78 is 31.9. The third kappa shape index (κ3) is 14.4. The van der Waals surface area contributed by atoms with Crippen LogP contribution in [0.3, 0.4) is 0 Å². The number of para-hydroxylation sites is 8. The summed E-state index contributed by atoms with van der Waals surface area (Å²) in [6, 6.07) is 109. The highest BCUT2D eigenvalue weighted by Crippen LogP contribution is 2.53. The smallest absolute Gasteiger partial charge is 0.159 e. The van der Waals surface area contributed by atoms with Crippen molar-refractivity contribution in [1.29, 1.82) is 0 Å². The van der Waals surface area contributed by atoms with Crippen molar-refractivity contribution >= 4 is 155 Å². The maximum Gasteiger partial charge on any atom is 0.159 e. The van der Waals surface area contributed by atoms with Crippen molar-refractivity contribution in [3.05, 3.63) is 359 Å². The lowest BCUT2D eigenvalue weighted by Gasteiger charge is -2.37. The van der Waals surface area contributed by atoms with E-state index in [4.69, 9.17) is 22.1 Å². The molecule has 3 saturated heterocycles. The molecule has 12 heterocycles. The Kier molecular flexibility index (Phi) is 21.6. The molecule has 3 fully saturated rings. The fraction of sp³-hybridized carbons (Fsp3) is 0.250. The lowest BCUT2D eigenvalue weighted by molar-refractivity contribution is 0.244. The summed E-state index contributed by atoms with van der Waals surface area (Å²) in [5.74, 6) is 0. The number of benzene rings is 15. The van der Waals surface area contributed by atoms with Crippen molar-refractivity contribution in [2.75, 3.05) is 81.6 Å². The number of hydrogen-bond acceptors (Lipinski definition) is 15. The van der Waals surface area contributed by atoms with Gasteiger partial charge in [0.05, 0.1) is 64.8 Å². The Bertz CT molecular complexity index is 7970. The van der Waals surface area contributed by atoms with E-state index in [9.17, 15) is 0 Å². The summed E-state index contributed by atoms with van der Waals surface area (Å²) in [5, 5.41) is 12.0. The Hall–Kier alpha value is -14.2. The van der Waals surface area contributed by atoms with Crippen LogP contribution in [0.1, 0.15) is 109 Å². The molecule has 15 aromatic carbocycles. The van der Waals surface area contributed by atoms with Crippen LogP contribution in [-0.2, 0) is 26.1 Å². The van der Waals surface area contributed by atoms with Gasteiger partial charge in [-0.1, -0.05) is 255 Å². The molecule has 0 amide bonds. The molecule has 7 aliphatic heterocycles. The third-order valence-corrected chi connectivity index (χ3v) is 30.8. The molecule has 20 aromatic rings. The molecule has 9 atom stereocenters. The first-order chi connectivity index (χ1) is 65.9. The number of anilines is 8. The summed E-state index contributed by atoms with van der Waals surface area (Å²) in [7, 11) is 6.57. The van der Waals surface area contributed by atoms with Crippen molar-refractivity contribution in [3.8, 4) is 11.1 Å². The van der Waals surface area contributed by atoms with Crippen molar-refractivity contribution in [2.24, 2.45) is 0 Å². The van der Waals surface area contributed by atoms with E-state index in [0.29, 0.717) is 24.4 Å². The Morgan fingerprint density at radius 1 is 0.274 bits per heavy atom. The third-order valence-electron chi connectivity index (χ3n) is 30.8. The van der Waals surface area contributed by atoms with Gasteiger partial charge in [-0.05, 0) is 200 Å². The van der Waals surface area contributed by atoms with E-state index in [1.54, 1.807) is 0 Å². The minimum atomic E-state index is 0.0994. The molecule has 4 unspecified atom stereocenters. The zero-order valence-corrected chi connectivity index (χ0v) is 79.5. The monoisotopic (exact) mass is 1780 g/mol. The highest BCUT2D eigenvalue weighted by atomic mass is 16.3. The second-order valence-electron chi connectivity index (χ2n) is 38.4. The molecular formula is C120H116N10O5. The fourth-order valence-electron chi connectivity index (χ4n) is 23.4. The topological polar surface area (TPSA) is 98.1 Å². The lowest BCUT2D eigenvalue weighted by Crippen LogP contribution is -2.44. The van der Waals surface area contributed by atoms with Crippen molar-refractivity contribution in [1.82, 2.24) is 14.7 Å². The Labute approximate surface area is 789 Å². The molecule has 15 heteroatoms. The van der Waals surface area contributed by atoms with Gasteiger partial charge >= 0.3 is 0 Å². The summed E-state index contributed by atoms with van der Waals surface area (Å²) in [6.45, 7) is 29.8. The van der Waals surface area contributed by atoms with Crippen LogP contribution in [0.5, 0.6) is 0 Å². The fourth-order valence-corrected chi connectivity index (χ4v) is 23.4. The van der Waals surface area contributed by atoms with E-state index in [0.717, 1.165) is 111 Å². The quantitative estimate of drug-likeness (QED) is 0.163. The summed E-state index contributed by atoms with van der Waals surface area (Å²) >= 11 is 0. The number of piperidine rings is 1. The van der Waals surface area contributed by atoms with Crippen molar-refractivity contribution < 1.29 is 22.1 Å². The number of aryl methyl sites for hydroxylation is 5. The van der Waals surface area contributed by atoms with E-state index in [2.05, 4.69) is 418 Å². The first kappa shape index (κ1) is 85.0. The average molecular weight is 1780 g/mol. The van der Waals surface area contributed by atoms with Crippen LogP contribution >= 0.6 is 0 Å². The summed E-state index contributed by atoms with van der Waals surface area (Å²) in [4.78, 5) is 25.0. The number of hydrogen-bond donors (Lipinski definition) is 0. The van der Waals surface area contributed by atoms with E-state index in [-0.39, 0.29) is 18.5 Å². The Morgan fingerprint density at radius 2 is 0.652 bits per heavy atom. The zero-order chi connectivity index (χ0) is 91.9. The van der Waals surface area contributed by atoms with Crippen LogP contribution in [0.25, 0.3) is 121 Å². The average Bonchev–Trinajstić information content (AvgIpc) is 1.53. The molecule has 27 rings (SSSR count). The van der Waals surface area contributed by atoms with E-state index in [1.807, 2.05) is 24.3 Å². The predicted molar refractivity (Wildman–Crippen MR) is 561 cm³/mol. The van der Waals surface area contributed by atoms with Gasteiger partial charge in [0.15, 0.2) is 27.9 Å². The molecule has 135 heavy (non-hydrogen) atoms. The van der Waals surface area contributed by atoms with Crippen LogP contribution in [0.4, 0.5) is 45.5 Å². The molecular weight excluding hydrogens is 1660 g/mol. The van der Waals surface area contributed by atoms with Gasteiger partial charge in [-0.15, -0.1) is 0 Å². The van der Waals surface area contributed by atoms with Gasteiger partial charge < -0.3 is 56.4 Å². The summed E-state index contributed by atoms with van der Waals surface area (Å²) in [5.41, 5.74) is 35.6. The van der Waals surface area contributed by atoms with Gasteiger partial charge in [0.2, 0.25) is 0 Å². The van der Waals surface area contributed by atoms with E-state index in [1.165, 1.54) is 176 Å². The predicted octanol–water partition coefficient (Wildman–Crippen LogP) is 29.1. The molecule has 5 aromatic heterocycles. The second kappa shape index (κ2) is 34.4. The van der Waals surface area contributed by atoms with Crippen LogP contribution in [-0.4, -0.2) is 98.9 Å². The van der Waals surface area contributed by atoms with Gasteiger partial charge in [-0.3, -0.25) is 14.7 Å². The number of nitrogens with zero attached hydrogens (tertiary/aromatic N) is 10. The highest BCUT2D eigenvalue weighted by Gasteiger charge is 2.45. The lowest BCUT2D eigenvalue weighted by atomic mass is 9.96. The van der Waals surface area contributed by atoms with Crippen LogP contribution in [0.2, 0.25) is 0 Å². The Balaban J connectivity index is 0.0000000954. The molecule has 4 bridgehead atoms. The number of rotatable bonds is 5. The first-order valence-corrected chi connectivity index (χ1v) is 48.4. The van der Waals surface area contributed by atoms with Gasteiger partial charge in [-0.2, -0.15) is 0 Å². The SMILES string of the molecule is Cc1ccc2c(oc3ccccc32)c1N1C2CCCN(C2)[C@@H]1C.Cc1ccc2c(oc3ccccc32)c1N1C2CN(Cc3ccccc32)[C@@H]1C.Cc1ccc2c(oc3ccccc32)c1N1CCc2ccccc2N(C)[C@@H]1C.Cc1ccc2c(oc3ccccc32)c1N1Cc2ccccc2CN(C)[C@@H]1C.Cc1ccc2c(oc3ccccc32)c1N1c2ccccc2-c2ccccc2N(C)[C@@H]1C. The molecule has 7 aliphatic rings. The minimum absolute atomic E-state index is 0.0994. The van der Waals surface area contributed by atoms with E-state index < -0.39 is 0 Å². The first-order valence-electron chi connectivity index (χ1n) is 48.4. The van der Waals surface area contributed by atoms with Crippen molar-refractivity contribution in [2.45, 2.75) is 151 Å². The number of fused-ring (bicyclic) bond motifs is 26. The zero-order valence-electron chi connectivity index (χ0n) is 79.5. The molecule has 0 N–H and O–H groups in total. The molecule has 0 radical (unpaired) electrons. The van der Waals surface area contributed by atoms with Gasteiger partial charge in [0, 0.05) is 142 Å². The molecule has 15 nitrogen and oxygen atoms in total. The Morgan fingerprint density at radius 3 is 1.16 bits per heavy atom. The van der Waals surface area contributed by atoms with Gasteiger partial charge in [0.1, 0.15) is 34.1 Å². The summed E-state index contributed by atoms with van der Waals surface area (Å²) in [6.07, 6.45) is 5.04. The van der Waals surface area contributed by atoms with Gasteiger partial charge in [-0.25, -0.2) is 0 Å². The molecule has 0 saturated carbocycles. The molecule has 0 spiro atoms. The van der Waals surface area contributed by atoms with Crippen LogP contribution in [0, 0.1) is 34.6 Å². The van der Waals surface area contributed by atoms with Crippen LogP contribution < -0.4 is 34.3 Å². The largest absolute Gasteiger partial charge is 0.454 e. The van der Waals surface area contributed by atoms with Crippen molar-refractivity contribution in [3.63, 3.8) is 0 Å². The normalized spacial score (nSPS) is 20.1. The number of furan rings is 5. The second-order valence-corrected chi connectivity index (χ2v) is 38.4. The maximum atomic E-state index is 6.47. The van der Waals surface area contributed by atoms with E-state index >= 15 is 0 Å². The van der Waals surface area contributed by atoms with Crippen LogP contribution in [0.15, 0.2) is 325 Å². The minimum Gasteiger partial charge on any atom is -0.454 e.